The summed E-state index contributed by atoms with van der Waals surface area (Å²) >= 11 is 6.97. The largest absolute Gasteiger partial charge is 0.448 e. The van der Waals surface area contributed by atoms with Gasteiger partial charge < -0.3 is 15.4 Å². The molecule has 0 aliphatic heterocycles. The minimum absolute atomic E-state index is 0.114. The topological polar surface area (TPSA) is 80.3 Å². The first kappa shape index (κ1) is 21.1. The zero-order valence-electron chi connectivity index (χ0n) is 15.2. The number of anilines is 2. The smallest absolute Gasteiger partial charge is 0.358 e. The quantitative estimate of drug-likeness (QED) is 0.619. The van der Waals surface area contributed by atoms with Gasteiger partial charge in [-0.2, -0.15) is 0 Å². The summed E-state index contributed by atoms with van der Waals surface area (Å²) in [5.41, 5.74) is 0.441. The van der Waals surface area contributed by atoms with E-state index in [1.165, 1.54) is 30.4 Å². The molecule has 1 heterocycles. The van der Waals surface area contributed by atoms with Gasteiger partial charge in [0.15, 0.2) is 16.9 Å². The van der Waals surface area contributed by atoms with Gasteiger partial charge >= 0.3 is 5.97 Å². The van der Waals surface area contributed by atoms with E-state index in [1.54, 1.807) is 5.38 Å². The fraction of sp³-hybridized carbons (Fsp3) is 0.389. The Morgan fingerprint density at radius 3 is 2.74 bits per heavy atom. The van der Waals surface area contributed by atoms with Crippen molar-refractivity contribution in [2.24, 2.45) is 5.92 Å². The lowest BCUT2D eigenvalue weighted by atomic mass is 10.1. The van der Waals surface area contributed by atoms with Crippen LogP contribution in [0.5, 0.6) is 0 Å². The number of nitrogens with zero attached hydrogens (tertiary/aromatic N) is 1. The third-order valence-corrected chi connectivity index (χ3v) is 4.64. The number of thiazole rings is 1. The normalized spacial score (nSPS) is 11.9. The Balaban J connectivity index is 1.87. The highest BCUT2D eigenvalue weighted by Crippen LogP contribution is 2.20. The molecule has 0 aliphatic carbocycles. The summed E-state index contributed by atoms with van der Waals surface area (Å²) in [4.78, 5) is 28.4. The van der Waals surface area contributed by atoms with Crippen LogP contribution in [0.25, 0.3) is 0 Å². The maximum Gasteiger partial charge on any atom is 0.358 e. The molecular weight excluding hydrogens is 393 g/mol. The summed E-state index contributed by atoms with van der Waals surface area (Å²) < 4.78 is 18.3. The van der Waals surface area contributed by atoms with E-state index in [1.807, 2.05) is 0 Å². The summed E-state index contributed by atoms with van der Waals surface area (Å²) in [6.45, 7) is 6.45. The number of amides is 1. The lowest BCUT2D eigenvalue weighted by Crippen LogP contribution is -2.30. The second-order valence-corrected chi connectivity index (χ2v) is 7.58. The molecule has 1 amide bonds. The molecule has 0 aliphatic rings. The molecule has 1 aromatic heterocycles. The molecule has 2 rings (SSSR count). The monoisotopic (exact) mass is 413 g/mol. The number of benzene rings is 1. The van der Waals surface area contributed by atoms with E-state index in [9.17, 15) is 14.0 Å². The van der Waals surface area contributed by atoms with Gasteiger partial charge in [-0.3, -0.25) is 4.79 Å². The van der Waals surface area contributed by atoms with Crippen molar-refractivity contribution in [1.82, 2.24) is 4.98 Å². The van der Waals surface area contributed by atoms with Gasteiger partial charge in [-0.15, -0.1) is 11.3 Å². The predicted molar refractivity (Wildman–Crippen MR) is 105 cm³/mol. The minimum Gasteiger partial charge on any atom is -0.448 e. The minimum atomic E-state index is -1.06. The first-order chi connectivity index (χ1) is 12.8. The molecule has 0 saturated heterocycles. The molecule has 0 fully saturated rings. The zero-order valence-corrected chi connectivity index (χ0v) is 16.8. The van der Waals surface area contributed by atoms with Crippen LogP contribution in [0, 0.1) is 11.7 Å². The molecule has 0 spiro atoms. The number of halogens is 2. The second-order valence-electron chi connectivity index (χ2n) is 6.31. The second kappa shape index (κ2) is 9.66. The van der Waals surface area contributed by atoms with E-state index >= 15 is 0 Å². The Morgan fingerprint density at radius 1 is 1.33 bits per heavy atom. The lowest BCUT2D eigenvalue weighted by molar-refractivity contribution is -0.123. The fourth-order valence-corrected chi connectivity index (χ4v) is 2.90. The molecule has 0 unspecified atom stereocenters. The van der Waals surface area contributed by atoms with Gasteiger partial charge in [0.1, 0.15) is 5.82 Å². The summed E-state index contributed by atoms with van der Waals surface area (Å²) in [5, 5.41) is 7.75. The summed E-state index contributed by atoms with van der Waals surface area (Å²) in [6, 6.07) is 3.78. The lowest BCUT2D eigenvalue weighted by Gasteiger charge is -2.13. The van der Waals surface area contributed by atoms with Gasteiger partial charge in [-0.1, -0.05) is 25.4 Å². The van der Waals surface area contributed by atoms with Crippen molar-refractivity contribution in [2.45, 2.75) is 33.3 Å². The van der Waals surface area contributed by atoms with Gasteiger partial charge in [-0.05, 0) is 37.5 Å². The van der Waals surface area contributed by atoms with Crippen LogP contribution < -0.4 is 10.6 Å². The van der Waals surface area contributed by atoms with E-state index in [4.69, 9.17) is 16.3 Å². The SMILES string of the molecule is CC(C)CCNc1nc(C(=O)O[C@H](C)C(=O)Nc2ccc(F)c(Cl)c2)cs1. The predicted octanol–water partition coefficient (Wildman–Crippen LogP) is 4.58. The summed E-state index contributed by atoms with van der Waals surface area (Å²) in [7, 11) is 0. The number of carbonyl (C=O) groups excluding carboxylic acids is 2. The van der Waals surface area contributed by atoms with Gasteiger partial charge in [0.25, 0.3) is 5.91 Å². The van der Waals surface area contributed by atoms with Crippen LogP contribution in [0.3, 0.4) is 0 Å². The highest BCUT2D eigenvalue weighted by molar-refractivity contribution is 7.13. The van der Waals surface area contributed by atoms with E-state index in [-0.39, 0.29) is 10.7 Å². The van der Waals surface area contributed by atoms with Gasteiger partial charge in [0, 0.05) is 17.6 Å². The first-order valence-electron chi connectivity index (χ1n) is 8.42. The Labute approximate surface area is 166 Å². The zero-order chi connectivity index (χ0) is 20.0. The van der Waals surface area contributed by atoms with Crippen LogP contribution in [0.15, 0.2) is 23.6 Å². The molecule has 146 valence electrons. The fourth-order valence-electron chi connectivity index (χ4n) is 2.01. The Morgan fingerprint density at radius 2 is 2.07 bits per heavy atom. The molecule has 2 N–H and O–H groups in total. The van der Waals surface area contributed by atoms with Crippen LogP contribution in [-0.4, -0.2) is 29.5 Å². The maximum absolute atomic E-state index is 13.1. The Hall–Kier alpha value is -2.19. The molecule has 0 radical (unpaired) electrons. The van der Waals surface area contributed by atoms with Gasteiger partial charge in [0.05, 0.1) is 5.02 Å². The number of esters is 1. The van der Waals surface area contributed by atoms with Gasteiger partial charge in [0.2, 0.25) is 0 Å². The Kier molecular flexibility index (Phi) is 7.55. The van der Waals surface area contributed by atoms with Crippen molar-refractivity contribution in [2.75, 3.05) is 17.2 Å². The molecular formula is C18H21ClFN3O3S. The average molecular weight is 414 g/mol. The van der Waals surface area contributed by atoms with Crippen LogP contribution in [-0.2, 0) is 9.53 Å². The summed E-state index contributed by atoms with van der Waals surface area (Å²) in [6.07, 6.45) is -0.0652. The number of hydrogen-bond donors (Lipinski definition) is 2. The number of rotatable bonds is 8. The van der Waals surface area contributed by atoms with E-state index in [2.05, 4.69) is 29.5 Å². The van der Waals surface area contributed by atoms with Crippen molar-refractivity contribution in [3.8, 4) is 0 Å². The maximum atomic E-state index is 13.1. The third kappa shape index (κ3) is 6.48. The molecule has 27 heavy (non-hydrogen) atoms. The molecule has 6 nitrogen and oxygen atoms in total. The molecule has 0 saturated carbocycles. The highest BCUT2D eigenvalue weighted by Gasteiger charge is 2.21. The van der Waals surface area contributed by atoms with Crippen molar-refractivity contribution >= 4 is 45.6 Å². The molecule has 2 aromatic rings. The van der Waals surface area contributed by atoms with Crippen molar-refractivity contribution < 1.29 is 18.7 Å². The van der Waals surface area contributed by atoms with Crippen LogP contribution in [0.1, 0.15) is 37.7 Å². The molecule has 0 bridgehead atoms. The number of carbonyl (C=O) groups is 2. The van der Waals surface area contributed by atoms with Crippen molar-refractivity contribution in [3.63, 3.8) is 0 Å². The average Bonchev–Trinajstić information content (AvgIpc) is 3.06. The van der Waals surface area contributed by atoms with Crippen LogP contribution >= 0.6 is 22.9 Å². The van der Waals surface area contributed by atoms with E-state index in [0.717, 1.165) is 19.0 Å². The Bertz CT molecular complexity index is 813. The first-order valence-corrected chi connectivity index (χ1v) is 9.68. The van der Waals surface area contributed by atoms with Crippen LogP contribution in [0.4, 0.5) is 15.2 Å². The molecule has 9 heteroatoms. The number of hydrogen-bond acceptors (Lipinski definition) is 6. The molecule has 1 aromatic carbocycles. The number of ether oxygens (including phenoxy) is 1. The van der Waals surface area contributed by atoms with E-state index in [0.29, 0.717) is 16.7 Å². The number of nitrogens with one attached hydrogen (secondary N) is 2. The third-order valence-electron chi connectivity index (χ3n) is 3.55. The van der Waals surface area contributed by atoms with Crippen LogP contribution in [0.2, 0.25) is 5.02 Å². The molecule has 1 atom stereocenters. The number of aromatic nitrogens is 1. The standard InChI is InChI=1S/C18H21ClFN3O3S/c1-10(2)6-7-21-18-23-15(9-27-18)17(25)26-11(3)16(24)22-12-4-5-14(20)13(19)8-12/h4-5,8-11H,6-7H2,1-3H3,(H,21,23)(H,22,24)/t11-/m1/s1. The highest BCUT2D eigenvalue weighted by atomic mass is 35.5. The van der Waals surface area contributed by atoms with Gasteiger partial charge in [-0.25, -0.2) is 14.2 Å². The van der Waals surface area contributed by atoms with E-state index < -0.39 is 23.8 Å². The van der Waals surface area contributed by atoms with Crippen molar-refractivity contribution in [1.29, 1.82) is 0 Å². The van der Waals surface area contributed by atoms with Crippen molar-refractivity contribution in [3.05, 3.63) is 40.1 Å². The summed E-state index contributed by atoms with van der Waals surface area (Å²) in [5.74, 6) is -1.27.